The standard InChI is InChI=1S/C17H17ClN4O4S/c1-25-14-8-10(2-7-13(14)26-9-15(19)23)16(24)21-22-17(27)20-12-5-3-11(18)4-6-12/h2-8H,9H2,1H3,(H2,19,23)(H,21,24)(H2,20,22,27). The van der Waals surface area contributed by atoms with E-state index in [2.05, 4.69) is 16.2 Å². The summed E-state index contributed by atoms with van der Waals surface area (Å²) in [7, 11) is 1.41. The average molecular weight is 409 g/mol. The van der Waals surface area contributed by atoms with Crippen LogP contribution in [0.3, 0.4) is 0 Å². The lowest BCUT2D eigenvalue weighted by Gasteiger charge is -2.13. The first-order chi connectivity index (χ1) is 12.9. The highest BCUT2D eigenvalue weighted by molar-refractivity contribution is 7.80. The van der Waals surface area contributed by atoms with E-state index in [1.807, 2.05) is 0 Å². The van der Waals surface area contributed by atoms with Gasteiger partial charge in [-0.05, 0) is 54.7 Å². The van der Waals surface area contributed by atoms with E-state index < -0.39 is 11.8 Å². The molecule has 0 heterocycles. The number of benzene rings is 2. The highest BCUT2D eigenvalue weighted by Gasteiger charge is 2.12. The molecule has 27 heavy (non-hydrogen) atoms. The highest BCUT2D eigenvalue weighted by Crippen LogP contribution is 2.27. The third-order valence-corrected chi connectivity index (χ3v) is 3.64. The lowest BCUT2D eigenvalue weighted by atomic mass is 10.2. The van der Waals surface area contributed by atoms with E-state index in [9.17, 15) is 9.59 Å². The predicted molar refractivity (Wildman–Crippen MR) is 106 cm³/mol. The maximum absolute atomic E-state index is 12.2. The van der Waals surface area contributed by atoms with E-state index in [0.29, 0.717) is 22.0 Å². The molecule has 0 fully saturated rings. The van der Waals surface area contributed by atoms with E-state index >= 15 is 0 Å². The van der Waals surface area contributed by atoms with Gasteiger partial charge < -0.3 is 20.5 Å². The molecule has 0 aliphatic carbocycles. The van der Waals surface area contributed by atoms with Crippen LogP contribution in [0, 0.1) is 0 Å². The second kappa shape index (κ2) is 9.60. The number of carbonyl (C=O) groups excluding carboxylic acids is 2. The fourth-order valence-electron chi connectivity index (χ4n) is 1.96. The zero-order valence-electron chi connectivity index (χ0n) is 14.2. The molecule has 142 valence electrons. The maximum atomic E-state index is 12.2. The molecule has 0 saturated heterocycles. The molecule has 2 amide bonds. The SMILES string of the molecule is COc1cc(C(=O)NNC(=S)Nc2ccc(Cl)cc2)ccc1OCC(N)=O. The molecule has 0 unspecified atom stereocenters. The normalized spacial score (nSPS) is 9.85. The van der Waals surface area contributed by atoms with E-state index in [1.165, 1.54) is 25.3 Å². The Morgan fingerprint density at radius 1 is 1.11 bits per heavy atom. The fraction of sp³-hybridized carbons (Fsp3) is 0.118. The maximum Gasteiger partial charge on any atom is 0.269 e. The van der Waals surface area contributed by atoms with Crippen molar-refractivity contribution in [2.45, 2.75) is 0 Å². The molecule has 0 atom stereocenters. The van der Waals surface area contributed by atoms with Crippen LogP contribution >= 0.6 is 23.8 Å². The number of nitrogens with two attached hydrogens (primary N) is 1. The molecule has 2 aromatic rings. The number of nitrogens with one attached hydrogen (secondary N) is 3. The van der Waals surface area contributed by atoms with Crippen LogP contribution in [0.15, 0.2) is 42.5 Å². The van der Waals surface area contributed by atoms with Crippen LogP contribution in [0.4, 0.5) is 5.69 Å². The van der Waals surface area contributed by atoms with Gasteiger partial charge in [-0.2, -0.15) is 0 Å². The Bertz CT molecular complexity index is 845. The molecule has 0 spiro atoms. The zero-order valence-corrected chi connectivity index (χ0v) is 15.8. The van der Waals surface area contributed by atoms with Crippen molar-refractivity contribution in [2.24, 2.45) is 5.73 Å². The minimum Gasteiger partial charge on any atom is -0.493 e. The monoisotopic (exact) mass is 408 g/mol. The van der Waals surface area contributed by atoms with E-state index in [1.54, 1.807) is 24.3 Å². The van der Waals surface area contributed by atoms with Crippen molar-refractivity contribution in [1.29, 1.82) is 0 Å². The molecule has 0 aliphatic heterocycles. The Hall–Kier alpha value is -3.04. The van der Waals surface area contributed by atoms with Crippen molar-refractivity contribution in [3.63, 3.8) is 0 Å². The van der Waals surface area contributed by atoms with Crippen LogP contribution in [0.5, 0.6) is 11.5 Å². The second-order valence-electron chi connectivity index (χ2n) is 5.16. The molecule has 5 N–H and O–H groups in total. The van der Waals surface area contributed by atoms with Crippen LogP contribution in [-0.2, 0) is 4.79 Å². The van der Waals surface area contributed by atoms with Gasteiger partial charge in [0.15, 0.2) is 23.2 Å². The van der Waals surface area contributed by atoms with Gasteiger partial charge in [0, 0.05) is 16.3 Å². The number of methoxy groups -OCH3 is 1. The Labute approximate surface area is 165 Å². The lowest BCUT2D eigenvalue weighted by Crippen LogP contribution is -2.43. The molecule has 0 bridgehead atoms. The summed E-state index contributed by atoms with van der Waals surface area (Å²) in [6, 6.07) is 11.4. The van der Waals surface area contributed by atoms with Gasteiger partial charge in [0.25, 0.3) is 11.8 Å². The average Bonchev–Trinajstić information content (AvgIpc) is 2.66. The molecule has 0 aromatic heterocycles. The van der Waals surface area contributed by atoms with Crippen molar-refractivity contribution < 1.29 is 19.1 Å². The second-order valence-corrected chi connectivity index (χ2v) is 6.01. The predicted octanol–water partition coefficient (Wildman–Crippen LogP) is 1.84. The first-order valence-corrected chi connectivity index (χ1v) is 8.39. The number of anilines is 1. The largest absolute Gasteiger partial charge is 0.493 e. The number of primary amides is 1. The summed E-state index contributed by atoms with van der Waals surface area (Å²) < 4.78 is 10.4. The van der Waals surface area contributed by atoms with Crippen molar-refractivity contribution in [3.05, 3.63) is 53.1 Å². The summed E-state index contributed by atoms with van der Waals surface area (Å²) >= 11 is 10.9. The van der Waals surface area contributed by atoms with Crippen LogP contribution < -0.4 is 31.4 Å². The Balaban J connectivity index is 1.93. The minimum atomic E-state index is -0.621. The number of hydrogen-bond acceptors (Lipinski definition) is 5. The molecule has 0 radical (unpaired) electrons. The van der Waals surface area contributed by atoms with Gasteiger partial charge in [0.1, 0.15) is 0 Å². The number of carbonyl (C=O) groups is 2. The number of halogens is 1. The lowest BCUT2D eigenvalue weighted by molar-refractivity contribution is -0.119. The quantitative estimate of drug-likeness (QED) is 0.426. The Kier molecular flexibility index (Phi) is 7.21. The molecule has 2 rings (SSSR count). The van der Waals surface area contributed by atoms with E-state index in [0.717, 1.165) is 0 Å². The van der Waals surface area contributed by atoms with Crippen LogP contribution in [0.2, 0.25) is 5.02 Å². The van der Waals surface area contributed by atoms with Gasteiger partial charge in [-0.15, -0.1) is 0 Å². The summed E-state index contributed by atoms with van der Waals surface area (Å²) in [5.41, 5.74) is 11.1. The summed E-state index contributed by atoms with van der Waals surface area (Å²) in [4.78, 5) is 23.0. The van der Waals surface area contributed by atoms with Gasteiger partial charge >= 0.3 is 0 Å². The Morgan fingerprint density at radius 2 is 1.81 bits per heavy atom. The topological polar surface area (TPSA) is 115 Å². The van der Waals surface area contributed by atoms with Gasteiger partial charge in [-0.25, -0.2) is 0 Å². The third kappa shape index (κ3) is 6.32. The first kappa shape index (κ1) is 20.3. The minimum absolute atomic E-state index is 0.194. The number of rotatable bonds is 6. The third-order valence-electron chi connectivity index (χ3n) is 3.19. The summed E-state index contributed by atoms with van der Waals surface area (Å²) in [5, 5.41) is 3.69. The van der Waals surface area contributed by atoms with Crippen molar-refractivity contribution in [3.8, 4) is 11.5 Å². The van der Waals surface area contributed by atoms with Crippen LogP contribution in [-0.4, -0.2) is 30.6 Å². The van der Waals surface area contributed by atoms with Gasteiger partial charge in [-0.1, -0.05) is 11.6 Å². The molecule has 0 aliphatic rings. The van der Waals surface area contributed by atoms with Crippen molar-refractivity contribution >= 4 is 46.4 Å². The summed E-state index contributed by atoms with van der Waals surface area (Å²) in [5.74, 6) is -0.494. The molecule has 8 nitrogen and oxygen atoms in total. The molecule has 0 saturated carbocycles. The molecule has 2 aromatic carbocycles. The van der Waals surface area contributed by atoms with Gasteiger partial charge in [-0.3, -0.25) is 20.4 Å². The summed E-state index contributed by atoms with van der Waals surface area (Å²) in [6.07, 6.45) is 0. The Morgan fingerprint density at radius 3 is 2.44 bits per heavy atom. The summed E-state index contributed by atoms with van der Waals surface area (Å²) in [6.45, 7) is -0.298. The first-order valence-electron chi connectivity index (χ1n) is 7.61. The van der Waals surface area contributed by atoms with Gasteiger partial charge in [0.2, 0.25) is 0 Å². The van der Waals surface area contributed by atoms with E-state index in [-0.39, 0.29) is 17.5 Å². The molecule has 10 heteroatoms. The highest BCUT2D eigenvalue weighted by atomic mass is 35.5. The van der Waals surface area contributed by atoms with Crippen molar-refractivity contribution in [2.75, 3.05) is 19.0 Å². The number of amides is 2. The van der Waals surface area contributed by atoms with E-state index in [4.69, 9.17) is 39.0 Å². The van der Waals surface area contributed by atoms with Crippen molar-refractivity contribution in [1.82, 2.24) is 10.9 Å². The number of ether oxygens (including phenoxy) is 2. The molecular weight excluding hydrogens is 392 g/mol. The van der Waals surface area contributed by atoms with Crippen LogP contribution in [0.1, 0.15) is 10.4 Å². The fourth-order valence-corrected chi connectivity index (χ4v) is 2.25. The number of thiocarbonyl (C=S) groups is 1. The number of hydrogen-bond donors (Lipinski definition) is 4. The number of hydrazine groups is 1. The molecular formula is C17H17ClN4O4S. The van der Waals surface area contributed by atoms with Crippen LogP contribution in [0.25, 0.3) is 0 Å². The van der Waals surface area contributed by atoms with Gasteiger partial charge in [0.05, 0.1) is 7.11 Å². The smallest absolute Gasteiger partial charge is 0.269 e. The zero-order chi connectivity index (χ0) is 19.8.